The maximum absolute atomic E-state index is 14.9. The number of aliphatic hydroxyl groups is 1. The van der Waals surface area contributed by atoms with Gasteiger partial charge < -0.3 is 29.7 Å². The van der Waals surface area contributed by atoms with Gasteiger partial charge in [0, 0.05) is 42.4 Å². The van der Waals surface area contributed by atoms with Crippen LogP contribution in [0.15, 0.2) is 116 Å². The fraction of sp³-hybridized carbons (Fsp3) is 0.310. The highest BCUT2D eigenvalue weighted by Gasteiger charge is 2.66. The number of carbonyl (C=O) groups is 3. The smallest absolute Gasteiger partial charge is 0.264 e. The van der Waals surface area contributed by atoms with E-state index in [0.29, 0.717) is 29.0 Å². The number of aliphatic hydroxyl groups excluding tert-OH is 1. The van der Waals surface area contributed by atoms with Crippen molar-refractivity contribution < 1.29 is 29.0 Å². The van der Waals surface area contributed by atoms with Gasteiger partial charge in [-0.2, -0.15) is 0 Å². The Labute approximate surface area is 306 Å². The molecule has 4 atom stereocenters. The number of rotatable bonds is 13. The number of hydrogen-bond acceptors (Lipinski definition) is 6. The van der Waals surface area contributed by atoms with Crippen molar-refractivity contribution in [1.82, 2.24) is 4.90 Å². The van der Waals surface area contributed by atoms with Crippen molar-refractivity contribution in [2.75, 3.05) is 37.0 Å². The van der Waals surface area contributed by atoms with Crippen LogP contribution >= 0.6 is 0 Å². The fourth-order valence-electron chi connectivity index (χ4n) is 8.21. The summed E-state index contributed by atoms with van der Waals surface area (Å²) in [5.41, 5.74) is 1.76. The first kappa shape index (κ1) is 36.7. The molecule has 2 heterocycles. The van der Waals surface area contributed by atoms with Crippen molar-refractivity contribution in [1.29, 1.82) is 0 Å². The molecule has 1 spiro atoms. The summed E-state index contributed by atoms with van der Waals surface area (Å²) < 4.78 is 12.6. The van der Waals surface area contributed by atoms with Crippen molar-refractivity contribution in [3.63, 3.8) is 0 Å². The maximum atomic E-state index is 14.9. The van der Waals surface area contributed by atoms with Crippen LogP contribution in [0.25, 0.3) is 0 Å². The van der Waals surface area contributed by atoms with Crippen LogP contribution in [0.2, 0.25) is 18.6 Å². The topological polar surface area (TPSA) is 108 Å². The molecule has 2 N–H and O–H groups in total. The lowest BCUT2D eigenvalue weighted by Crippen LogP contribution is -2.52. The molecule has 1 fully saturated rings. The molecule has 4 aromatic rings. The molecule has 52 heavy (non-hydrogen) atoms. The SMILES string of the molecule is C=CCN1C(=O)[C@]2(O[C@H](CC(=O)N(CCO)Cc3ccccc3)[C@@H]([Si](C)(C)c3ccc(OC)cc3)[C@@H]2C)c2cc(NC(=O)c3ccccc3)ccc21. The van der Waals surface area contributed by atoms with Gasteiger partial charge in [0.1, 0.15) is 5.75 Å². The zero-order valence-corrected chi connectivity index (χ0v) is 31.2. The summed E-state index contributed by atoms with van der Waals surface area (Å²) >= 11 is 0. The van der Waals surface area contributed by atoms with E-state index in [0.717, 1.165) is 16.5 Å². The molecule has 270 valence electrons. The molecule has 0 saturated carbocycles. The summed E-state index contributed by atoms with van der Waals surface area (Å²) in [5, 5.41) is 14.1. The van der Waals surface area contributed by atoms with Crippen LogP contribution in [-0.2, 0) is 26.5 Å². The summed E-state index contributed by atoms with van der Waals surface area (Å²) in [6.45, 7) is 11.1. The van der Waals surface area contributed by atoms with Gasteiger partial charge in [-0.25, -0.2) is 0 Å². The molecule has 0 radical (unpaired) electrons. The zero-order chi connectivity index (χ0) is 37.0. The highest BCUT2D eigenvalue weighted by atomic mass is 28.3. The van der Waals surface area contributed by atoms with Crippen LogP contribution < -0.4 is 20.1 Å². The molecule has 10 heteroatoms. The Hall–Kier alpha value is -5.03. The molecule has 9 nitrogen and oxygen atoms in total. The average molecular weight is 718 g/mol. The third-order valence-electron chi connectivity index (χ3n) is 10.8. The first-order valence-corrected chi connectivity index (χ1v) is 20.8. The van der Waals surface area contributed by atoms with Crippen LogP contribution in [-0.4, -0.2) is 68.7 Å². The van der Waals surface area contributed by atoms with E-state index in [1.165, 1.54) is 0 Å². The highest BCUT2D eigenvalue weighted by molar-refractivity contribution is 6.91. The molecular weight excluding hydrogens is 671 g/mol. The molecule has 2 aliphatic heterocycles. The summed E-state index contributed by atoms with van der Waals surface area (Å²) in [6.07, 6.45) is 1.10. The van der Waals surface area contributed by atoms with Gasteiger partial charge in [-0.3, -0.25) is 14.4 Å². The van der Waals surface area contributed by atoms with Crippen LogP contribution in [0.1, 0.15) is 34.8 Å². The van der Waals surface area contributed by atoms with Gasteiger partial charge in [0.05, 0.1) is 40.0 Å². The second-order valence-electron chi connectivity index (χ2n) is 14.1. The number of fused-ring (bicyclic) bond motifs is 2. The molecule has 0 aromatic heterocycles. The third kappa shape index (κ3) is 6.81. The lowest BCUT2D eigenvalue weighted by molar-refractivity contribution is -0.149. The quantitative estimate of drug-likeness (QED) is 0.128. The van der Waals surface area contributed by atoms with Crippen molar-refractivity contribution in [2.45, 2.75) is 50.2 Å². The van der Waals surface area contributed by atoms with E-state index in [1.807, 2.05) is 72.8 Å². The van der Waals surface area contributed by atoms with Crippen LogP contribution in [0.3, 0.4) is 0 Å². The predicted octanol–water partition coefficient (Wildman–Crippen LogP) is 6.11. The first-order valence-electron chi connectivity index (χ1n) is 17.7. The van der Waals surface area contributed by atoms with Gasteiger partial charge >= 0.3 is 0 Å². The normalized spacial score (nSPS) is 20.8. The van der Waals surface area contributed by atoms with Gasteiger partial charge in [-0.15, -0.1) is 6.58 Å². The molecule has 3 amide bonds. The number of nitrogens with zero attached hydrogens (tertiary/aromatic N) is 2. The second-order valence-corrected chi connectivity index (χ2v) is 18.8. The summed E-state index contributed by atoms with van der Waals surface area (Å²) in [7, 11) is -0.896. The number of hydrogen-bond donors (Lipinski definition) is 2. The third-order valence-corrected chi connectivity index (χ3v) is 15.1. The zero-order valence-electron chi connectivity index (χ0n) is 30.2. The number of nitrogens with one attached hydrogen (secondary N) is 1. The summed E-state index contributed by atoms with van der Waals surface area (Å²) in [5.74, 6) is -0.237. The van der Waals surface area contributed by atoms with E-state index in [9.17, 15) is 19.5 Å². The highest BCUT2D eigenvalue weighted by Crippen LogP contribution is 2.60. The van der Waals surface area contributed by atoms with Crippen molar-refractivity contribution in [3.8, 4) is 5.75 Å². The number of methoxy groups -OCH3 is 1. The van der Waals surface area contributed by atoms with Gasteiger partial charge in [0.25, 0.3) is 11.8 Å². The maximum Gasteiger partial charge on any atom is 0.264 e. The molecule has 1 saturated heterocycles. The van der Waals surface area contributed by atoms with Crippen molar-refractivity contribution in [2.24, 2.45) is 5.92 Å². The minimum Gasteiger partial charge on any atom is -0.497 e. The molecule has 0 unspecified atom stereocenters. The number of amides is 3. The largest absolute Gasteiger partial charge is 0.497 e. The molecule has 6 rings (SSSR count). The van der Waals surface area contributed by atoms with E-state index < -0.39 is 19.8 Å². The Bertz CT molecular complexity index is 1920. The van der Waals surface area contributed by atoms with E-state index in [-0.39, 0.29) is 55.3 Å². The Morgan fingerprint density at radius 2 is 1.69 bits per heavy atom. The van der Waals surface area contributed by atoms with Gasteiger partial charge in [-0.05, 0) is 53.6 Å². The molecule has 2 aliphatic rings. The summed E-state index contributed by atoms with van der Waals surface area (Å²) in [4.78, 5) is 45.7. The van der Waals surface area contributed by atoms with Gasteiger partial charge in [0.2, 0.25) is 5.91 Å². The van der Waals surface area contributed by atoms with E-state index in [1.54, 1.807) is 41.2 Å². The lowest BCUT2D eigenvalue weighted by atomic mass is 9.82. The van der Waals surface area contributed by atoms with Crippen molar-refractivity contribution in [3.05, 3.63) is 132 Å². The minimum absolute atomic E-state index is 0.0324. The molecule has 0 bridgehead atoms. The Kier molecular flexibility index (Phi) is 10.8. The Morgan fingerprint density at radius 1 is 1.02 bits per heavy atom. The van der Waals surface area contributed by atoms with E-state index in [2.05, 4.69) is 44.0 Å². The Balaban J connectivity index is 1.43. The van der Waals surface area contributed by atoms with Crippen LogP contribution in [0.4, 0.5) is 11.4 Å². The molecule has 0 aliphatic carbocycles. The van der Waals surface area contributed by atoms with E-state index >= 15 is 0 Å². The second kappa shape index (κ2) is 15.3. The molecule has 4 aromatic carbocycles. The molecular formula is C42H47N3O6Si. The number of benzene rings is 4. The number of anilines is 2. The predicted molar refractivity (Wildman–Crippen MR) is 207 cm³/mol. The Morgan fingerprint density at radius 3 is 2.33 bits per heavy atom. The first-order chi connectivity index (χ1) is 25.0. The lowest BCUT2D eigenvalue weighted by Gasteiger charge is -2.37. The van der Waals surface area contributed by atoms with Crippen LogP contribution in [0.5, 0.6) is 5.75 Å². The minimum atomic E-state index is -2.53. The summed E-state index contributed by atoms with van der Waals surface area (Å²) in [6, 6.07) is 32.2. The average Bonchev–Trinajstić information content (AvgIpc) is 3.58. The van der Waals surface area contributed by atoms with Crippen molar-refractivity contribution >= 4 is 42.4 Å². The van der Waals surface area contributed by atoms with Crippen LogP contribution in [0, 0.1) is 5.92 Å². The van der Waals surface area contributed by atoms with E-state index in [4.69, 9.17) is 9.47 Å². The standard InChI is InChI=1S/C42H47N3O6Si/c1-6-23-45-36-22-17-32(43-40(48)31-15-11-8-12-16-31)26-35(36)42(41(45)49)29(2)39(52(4,5)34-20-18-33(50-3)19-21-34)37(51-42)27-38(47)44(24-25-46)28-30-13-9-7-10-14-30/h6-22,26,29,37,39,46H,1,23-25,27-28H2,2-5H3,(H,43,48)/t29-,37+,39-,42+/m0/s1. The monoisotopic (exact) mass is 717 g/mol. The number of carbonyl (C=O) groups excluding carboxylic acids is 3. The van der Waals surface area contributed by atoms with Gasteiger partial charge in [0.15, 0.2) is 5.60 Å². The fourth-order valence-corrected chi connectivity index (χ4v) is 12.2. The number of ether oxygens (including phenoxy) is 2. The van der Waals surface area contributed by atoms with Gasteiger partial charge in [-0.1, -0.05) is 91.9 Å².